The van der Waals surface area contributed by atoms with Gasteiger partial charge in [-0.1, -0.05) is 6.07 Å². The molecule has 0 unspecified atom stereocenters. The molecule has 0 atom stereocenters. The van der Waals surface area contributed by atoms with Crippen molar-refractivity contribution in [3.05, 3.63) is 35.5 Å². The van der Waals surface area contributed by atoms with Gasteiger partial charge in [-0.25, -0.2) is 0 Å². The molecule has 2 N–H and O–H groups in total. The number of hydrogen-bond donors (Lipinski definition) is 2. The predicted octanol–water partition coefficient (Wildman–Crippen LogP) is 2.04. The van der Waals surface area contributed by atoms with E-state index in [1.165, 1.54) is 6.20 Å². The van der Waals surface area contributed by atoms with Crippen LogP contribution in [0.1, 0.15) is 5.56 Å². The van der Waals surface area contributed by atoms with Gasteiger partial charge in [0.05, 0.1) is 5.69 Å². The Labute approximate surface area is 87.7 Å². The van der Waals surface area contributed by atoms with Gasteiger partial charge in [-0.2, -0.15) is 10.5 Å². The molecular weight excluding hydrogens is 190 g/mol. The number of nitrogens with one attached hydrogen (secondary N) is 1. The molecule has 4 nitrogen and oxygen atoms in total. The number of phenols is 1. The van der Waals surface area contributed by atoms with E-state index < -0.39 is 0 Å². The highest BCUT2D eigenvalue weighted by molar-refractivity contribution is 5.59. The first-order valence-electron chi connectivity index (χ1n) is 4.24. The van der Waals surface area contributed by atoms with E-state index in [4.69, 9.17) is 10.5 Å². The summed E-state index contributed by atoms with van der Waals surface area (Å²) in [5.74, 6) is 0.0760. The molecule has 74 valence electrons. The Morgan fingerprint density at radius 1 is 1.40 bits per heavy atom. The minimum Gasteiger partial charge on any atom is -0.506 e. The Morgan fingerprint density at radius 2 is 2.07 bits per heavy atom. The molecule has 1 rings (SSSR count). The van der Waals surface area contributed by atoms with E-state index in [2.05, 4.69) is 5.32 Å². The minimum atomic E-state index is -0.0455. The first-order valence-corrected chi connectivity index (χ1v) is 4.24. The van der Waals surface area contributed by atoms with Crippen LogP contribution in [0.25, 0.3) is 0 Å². The maximum atomic E-state index is 9.44. The van der Waals surface area contributed by atoms with Gasteiger partial charge in [0.1, 0.15) is 23.5 Å². The third-order valence-electron chi connectivity index (χ3n) is 1.76. The number of benzene rings is 1. The van der Waals surface area contributed by atoms with Crippen LogP contribution in [0, 0.1) is 29.6 Å². The lowest BCUT2D eigenvalue weighted by molar-refractivity contribution is 0.477. The largest absolute Gasteiger partial charge is 0.506 e. The second-order valence-corrected chi connectivity index (χ2v) is 2.95. The van der Waals surface area contributed by atoms with Gasteiger partial charge in [-0.3, -0.25) is 0 Å². The van der Waals surface area contributed by atoms with Gasteiger partial charge in [0, 0.05) is 6.20 Å². The summed E-state index contributed by atoms with van der Waals surface area (Å²) in [6.07, 6.45) is 1.26. The lowest BCUT2D eigenvalue weighted by Gasteiger charge is -2.04. The Kier molecular flexibility index (Phi) is 3.32. The lowest BCUT2D eigenvalue weighted by Crippen LogP contribution is -1.90. The van der Waals surface area contributed by atoms with Gasteiger partial charge in [0.25, 0.3) is 0 Å². The smallest absolute Gasteiger partial charge is 0.145 e. The summed E-state index contributed by atoms with van der Waals surface area (Å²) in [7, 11) is 0. The van der Waals surface area contributed by atoms with Gasteiger partial charge in [0.2, 0.25) is 0 Å². The molecule has 0 fully saturated rings. The highest BCUT2D eigenvalue weighted by Crippen LogP contribution is 2.23. The summed E-state index contributed by atoms with van der Waals surface area (Å²) in [6, 6.07) is 8.45. The van der Waals surface area contributed by atoms with Crippen LogP contribution >= 0.6 is 0 Å². The molecule has 0 saturated heterocycles. The van der Waals surface area contributed by atoms with Gasteiger partial charge in [-0.15, -0.1) is 0 Å². The van der Waals surface area contributed by atoms with Crippen molar-refractivity contribution in [2.75, 3.05) is 5.32 Å². The van der Waals surface area contributed by atoms with Gasteiger partial charge >= 0.3 is 0 Å². The predicted molar refractivity (Wildman–Crippen MR) is 55.8 cm³/mol. The van der Waals surface area contributed by atoms with Crippen LogP contribution in [0.5, 0.6) is 5.75 Å². The number of hydrogen-bond acceptors (Lipinski definition) is 4. The fourth-order valence-electron chi connectivity index (χ4n) is 1.00. The van der Waals surface area contributed by atoms with Gasteiger partial charge < -0.3 is 10.4 Å². The average molecular weight is 199 g/mol. The normalized spacial score (nSPS) is 8.47. The highest BCUT2D eigenvalue weighted by atomic mass is 16.3. The molecule has 0 heterocycles. The molecule has 0 aliphatic heterocycles. The zero-order valence-electron chi connectivity index (χ0n) is 8.15. The van der Waals surface area contributed by atoms with Crippen LogP contribution in [0.2, 0.25) is 0 Å². The van der Waals surface area contributed by atoms with E-state index in [1.807, 2.05) is 6.92 Å². The molecule has 0 bridgehead atoms. The number of aryl methyl sites for hydroxylation is 1. The second-order valence-electron chi connectivity index (χ2n) is 2.95. The number of anilines is 1. The van der Waals surface area contributed by atoms with E-state index in [0.29, 0.717) is 5.69 Å². The number of nitriles is 2. The summed E-state index contributed by atoms with van der Waals surface area (Å²) in [4.78, 5) is 0. The monoisotopic (exact) mass is 199 g/mol. The molecule has 0 aromatic heterocycles. The molecule has 0 saturated carbocycles. The fourth-order valence-corrected chi connectivity index (χ4v) is 1.00. The van der Waals surface area contributed by atoms with Crippen molar-refractivity contribution in [1.29, 1.82) is 10.5 Å². The molecule has 0 amide bonds. The van der Waals surface area contributed by atoms with Crippen molar-refractivity contribution in [1.82, 2.24) is 0 Å². The van der Waals surface area contributed by atoms with Crippen LogP contribution in [-0.4, -0.2) is 5.11 Å². The maximum Gasteiger partial charge on any atom is 0.145 e. The van der Waals surface area contributed by atoms with Crippen molar-refractivity contribution in [2.45, 2.75) is 6.92 Å². The molecule has 0 radical (unpaired) electrons. The topological polar surface area (TPSA) is 79.8 Å². The summed E-state index contributed by atoms with van der Waals surface area (Å²) in [6.45, 7) is 1.88. The van der Waals surface area contributed by atoms with Crippen LogP contribution < -0.4 is 5.32 Å². The highest BCUT2D eigenvalue weighted by Gasteiger charge is 1.99. The van der Waals surface area contributed by atoms with Crippen LogP contribution in [0.3, 0.4) is 0 Å². The molecule has 0 aliphatic carbocycles. The van der Waals surface area contributed by atoms with Crippen molar-refractivity contribution in [2.24, 2.45) is 0 Å². The van der Waals surface area contributed by atoms with Crippen LogP contribution in [0.15, 0.2) is 30.0 Å². The standard InChI is InChI=1S/C11H9N3O/c1-8-2-3-11(15)10(4-8)14-7-9(5-12)6-13/h2-4,7,14-15H,1H3. The molecule has 0 aliphatic rings. The van der Waals surface area contributed by atoms with Crippen molar-refractivity contribution in [3.8, 4) is 17.9 Å². The quantitative estimate of drug-likeness (QED) is 0.564. The van der Waals surface area contributed by atoms with E-state index in [-0.39, 0.29) is 11.3 Å². The number of aromatic hydroxyl groups is 1. The van der Waals surface area contributed by atoms with Gasteiger partial charge in [0.15, 0.2) is 0 Å². The molecule has 0 spiro atoms. The zero-order chi connectivity index (χ0) is 11.3. The lowest BCUT2D eigenvalue weighted by atomic mass is 10.2. The Hall–Kier alpha value is -2.46. The number of nitrogens with zero attached hydrogens (tertiary/aromatic N) is 2. The second kappa shape index (κ2) is 4.69. The number of allylic oxidation sites excluding steroid dienone is 1. The molecule has 1 aromatic carbocycles. The number of phenolic OH excluding ortho intramolecular Hbond substituents is 1. The first-order chi connectivity index (χ1) is 7.17. The summed E-state index contributed by atoms with van der Waals surface area (Å²) in [5.41, 5.74) is 1.40. The van der Waals surface area contributed by atoms with Crippen molar-refractivity contribution < 1.29 is 5.11 Å². The van der Waals surface area contributed by atoms with E-state index in [9.17, 15) is 5.11 Å². The van der Waals surface area contributed by atoms with Crippen molar-refractivity contribution in [3.63, 3.8) is 0 Å². The van der Waals surface area contributed by atoms with E-state index >= 15 is 0 Å². The third kappa shape index (κ3) is 2.75. The Bertz CT molecular complexity index is 462. The Morgan fingerprint density at radius 3 is 2.67 bits per heavy atom. The SMILES string of the molecule is Cc1ccc(O)c(NC=C(C#N)C#N)c1. The maximum absolute atomic E-state index is 9.44. The molecular formula is C11H9N3O. The summed E-state index contributed by atoms with van der Waals surface area (Å²) < 4.78 is 0. The average Bonchev–Trinajstić information content (AvgIpc) is 2.24. The first kappa shape index (κ1) is 10.6. The third-order valence-corrected chi connectivity index (χ3v) is 1.76. The van der Waals surface area contributed by atoms with Crippen LogP contribution in [-0.2, 0) is 0 Å². The number of rotatable bonds is 2. The molecule has 15 heavy (non-hydrogen) atoms. The summed E-state index contributed by atoms with van der Waals surface area (Å²) >= 11 is 0. The fraction of sp³-hybridized carbons (Fsp3) is 0.0909. The molecule has 4 heteroatoms. The summed E-state index contributed by atoms with van der Waals surface area (Å²) in [5, 5.41) is 29.1. The van der Waals surface area contributed by atoms with Crippen LogP contribution in [0.4, 0.5) is 5.69 Å². The Balaban J connectivity index is 2.92. The zero-order valence-corrected chi connectivity index (χ0v) is 8.15. The van der Waals surface area contributed by atoms with Crippen molar-refractivity contribution >= 4 is 5.69 Å². The molecule has 1 aromatic rings. The van der Waals surface area contributed by atoms with E-state index in [0.717, 1.165) is 5.56 Å². The van der Waals surface area contributed by atoms with Gasteiger partial charge in [-0.05, 0) is 24.6 Å². The minimum absolute atomic E-state index is 0.0455. The van der Waals surface area contributed by atoms with E-state index in [1.54, 1.807) is 30.3 Å².